The second-order valence-electron chi connectivity index (χ2n) is 3.22. The SMILES string of the molecule is N#Cc1cccc(C2(O)COC2)c1. The van der Waals surface area contributed by atoms with Crippen LogP contribution in [0, 0.1) is 11.3 Å². The third-order valence-corrected chi connectivity index (χ3v) is 2.21. The molecule has 1 saturated heterocycles. The molecule has 1 aromatic rings. The van der Waals surface area contributed by atoms with E-state index in [2.05, 4.69) is 0 Å². The summed E-state index contributed by atoms with van der Waals surface area (Å²) in [5.41, 5.74) is 0.461. The molecule has 1 fully saturated rings. The molecule has 0 spiro atoms. The Hall–Kier alpha value is -1.37. The average molecular weight is 175 g/mol. The first kappa shape index (κ1) is 8.24. The number of hydrogen-bond donors (Lipinski definition) is 1. The highest BCUT2D eigenvalue weighted by Crippen LogP contribution is 2.29. The Morgan fingerprint density at radius 3 is 2.77 bits per heavy atom. The fourth-order valence-electron chi connectivity index (χ4n) is 1.34. The van der Waals surface area contributed by atoms with E-state index in [-0.39, 0.29) is 0 Å². The van der Waals surface area contributed by atoms with Crippen LogP contribution < -0.4 is 0 Å². The third kappa shape index (κ3) is 1.31. The maximum atomic E-state index is 9.87. The van der Waals surface area contributed by atoms with Gasteiger partial charge in [0.2, 0.25) is 0 Å². The number of benzene rings is 1. The highest BCUT2D eigenvalue weighted by molar-refractivity contribution is 5.36. The number of hydrogen-bond acceptors (Lipinski definition) is 3. The van der Waals surface area contributed by atoms with Gasteiger partial charge in [-0.3, -0.25) is 0 Å². The molecular formula is C10H9NO2. The van der Waals surface area contributed by atoms with Crippen molar-refractivity contribution >= 4 is 0 Å². The van der Waals surface area contributed by atoms with Gasteiger partial charge in [0.1, 0.15) is 5.60 Å². The van der Waals surface area contributed by atoms with Crippen molar-refractivity contribution in [2.75, 3.05) is 13.2 Å². The van der Waals surface area contributed by atoms with Gasteiger partial charge in [0.05, 0.1) is 24.8 Å². The van der Waals surface area contributed by atoms with E-state index in [4.69, 9.17) is 10.00 Å². The van der Waals surface area contributed by atoms with E-state index in [0.29, 0.717) is 18.8 Å². The molecule has 0 atom stereocenters. The van der Waals surface area contributed by atoms with Gasteiger partial charge in [-0.1, -0.05) is 12.1 Å². The van der Waals surface area contributed by atoms with Crippen LogP contribution in [0.25, 0.3) is 0 Å². The summed E-state index contributed by atoms with van der Waals surface area (Å²) in [7, 11) is 0. The number of aliphatic hydroxyl groups is 1. The lowest BCUT2D eigenvalue weighted by Gasteiger charge is -2.36. The molecule has 1 aromatic carbocycles. The Labute approximate surface area is 76.2 Å². The third-order valence-electron chi connectivity index (χ3n) is 2.21. The van der Waals surface area contributed by atoms with Crippen molar-refractivity contribution in [1.29, 1.82) is 5.26 Å². The fraction of sp³-hybridized carbons (Fsp3) is 0.300. The molecule has 0 aliphatic carbocycles. The predicted octanol–water partition coefficient (Wildman–Crippen LogP) is 0.776. The van der Waals surface area contributed by atoms with Crippen LogP contribution in [-0.2, 0) is 10.3 Å². The second-order valence-corrected chi connectivity index (χ2v) is 3.22. The molecule has 3 nitrogen and oxygen atoms in total. The van der Waals surface area contributed by atoms with E-state index in [0.717, 1.165) is 5.56 Å². The van der Waals surface area contributed by atoms with Gasteiger partial charge in [-0.25, -0.2) is 0 Å². The van der Waals surface area contributed by atoms with Crippen LogP contribution in [0.15, 0.2) is 24.3 Å². The maximum Gasteiger partial charge on any atom is 0.136 e. The summed E-state index contributed by atoms with van der Waals surface area (Å²) in [4.78, 5) is 0. The summed E-state index contributed by atoms with van der Waals surface area (Å²) in [6.45, 7) is 0.643. The van der Waals surface area contributed by atoms with Crippen molar-refractivity contribution in [3.63, 3.8) is 0 Å². The molecule has 0 unspecified atom stereocenters. The second kappa shape index (κ2) is 2.84. The van der Waals surface area contributed by atoms with E-state index in [1.54, 1.807) is 18.2 Å². The Morgan fingerprint density at radius 1 is 1.46 bits per heavy atom. The molecule has 0 amide bonds. The van der Waals surface area contributed by atoms with Crippen molar-refractivity contribution in [2.45, 2.75) is 5.60 Å². The van der Waals surface area contributed by atoms with Gasteiger partial charge in [-0.2, -0.15) is 5.26 Å². The molecule has 1 N–H and O–H groups in total. The summed E-state index contributed by atoms with van der Waals surface area (Å²) in [6.07, 6.45) is 0. The summed E-state index contributed by atoms with van der Waals surface area (Å²) >= 11 is 0. The molecule has 1 aliphatic heterocycles. The molecule has 0 saturated carbocycles. The minimum atomic E-state index is -0.868. The molecule has 0 aromatic heterocycles. The van der Waals surface area contributed by atoms with Crippen LogP contribution in [-0.4, -0.2) is 18.3 Å². The van der Waals surface area contributed by atoms with E-state index >= 15 is 0 Å². The van der Waals surface area contributed by atoms with Gasteiger partial charge in [-0.15, -0.1) is 0 Å². The molecular weight excluding hydrogens is 166 g/mol. The summed E-state index contributed by atoms with van der Waals surface area (Å²) in [5.74, 6) is 0. The Balaban J connectivity index is 2.36. The van der Waals surface area contributed by atoms with Crippen LogP contribution in [0.4, 0.5) is 0 Å². The smallest absolute Gasteiger partial charge is 0.136 e. The van der Waals surface area contributed by atoms with E-state index < -0.39 is 5.60 Å². The number of nitriles is 1. The lowest BCUT2D eigenvalue weighted by molar-refractivity contribution is -0.184. The fourth-order valence-corrected chi connectivity index (χ4v) is 1.34. The minimum Gasteiger partial charge on any atom is -0.380 e. The Morgan fingerprint density at radius 2 is 2.23 bits per heavy atom. The molecule has 2 rings (SSSR count). The predicted molar refractivity (Wildman–Crippen MR) is 45.9 cm³/mol. The van der Waals surface area contributed by atoms with Crippen LogP contribution in [0.5, 0.6) is 0 Å². The largest absolute Gasteiger partial charge is 0.380 e. The van der Waals surface area contributed by atoms with Crippen LogP contribution >= 0.6 is 0 Å². The zero-order chi connectivity index (χ0) is 9.31. The topological polar surface area (TPSA) is 53.2 Å². The molecule has 1 heterocycles. The first-order chi connectivity index (χ1) is 6.24. The Bertz CT molecular complexity index is 363. The number of ether oxygens (including phenoxy) is 1. The van der Waals surface area contributed by atoms with Crippen molar-refractivity contribution in [2.24, 2.45) is 0 Å². The van der Waals surface area contributed by atoms with Gasteiger partial charge in [0.25, 0.3) is 0 Å². The van der Waals surface area contributed by atoms with Crippen LogP contribution in [0.1, 0.15) is 11.1 Å². The lowest BCUT2D eigenvalue weighted by Crippen LogP contribution is -2.46. The van der Waals surface area contributed by atoms with Gasteiger partial charge >= 0.3 is 0 Å². The van der Waals surface area contributed by atoms with Crippen molar-refractivity contribution in [1.82, 2.24) is 0 Å². The number of rotatable bonds is 1. The first-order valence-electron chi connectivity index (χ1n) is 4.05. The zero-order valence-electron chi connectivity index (χ0n) is 7.03. The molecule has 13 heavy (non-hydrogen) atoms. The number of nitrogens with zero attached hydrogens (tertiary/aromatic N) is 1. The average Bonchev–Trinajstić information content (AvgIpc) is 2.14. The van der Waals surface area contributed by atoms with Gasteiger partial charge in [0, 0.05) is 0 Å². The summed E-state index contributed by atoms with van der Waals surface area (Å²) in [6, 6.07) is 9.02. The summed E-state index contributed by atoms with van der Waals surface area (Å²) < 4.78 is 4.93. The highest BCUT2D eigenvalue weighted by Gasteiger charge is 2.37. The van der Waals surface area contributed by atoms with Crippen LogP contribution in [0.3, 0.4) is 0 Å². The molecule has 66 valence electrons. The molecule has 3 heteroatoms. The van der Waals surface area contributed by atoms with Gasteiger partial charge < -0.3 is 9.84 Å². The normalized spacial score (nSPS) is 18.8. The van der Waals surface area contributed by atoms with Gasteiger partial charge in [-0.05, 0) is 17.7 Å². The van der Waals surface area contributed by atoms with Crippen molar-refractivity contribution in [3.8, 4) is 6.07 Å². The molecule has 0 radical (unpaired) electrons. The van der Waals surface area contributed by atoms with E-state index in [1.165, 1.54) is 0 Å². The minimum absolute atomic E-state index is 0.321. The Kier molecular flexibility index (Phi) is 1.80. The lowest BCUT2D eigenvalue weighted by atomic mass is 9.91. The first-order valence-corrected chi connectivity index (χ1v) is 4.05. The highest BCUT2D eigenvalue weighted by atomic mass is 16.5. The van der Waals surface area contributed by atoms with Crippen LogP contribution in [0.2, 0.25) is 0 Å². The van der Waals surface area contributed by atoms with Crippen molar-refractivity contribution in [3.05, 3.63) is 35.4 Å². The maximum absolute atomic E-state index is 9.87. The molecule has 0 bridgehead atoms. The summed E-state index contributed by atoms with van der Waals surface area (Å²) in [5, 5.41) is 18.5. The van der Waals surface area contributed by atoms with Crippen molar-refractivity contribution < 1.29 is 9.84 Å². The quantitative estimate of drug-likeness (QED) is 0.686. The zero-order valence-corrected chi connectivity index (χ0v) is 7.03. The van der Waals surface area contributed by atoms with E-state index in [1.807, 2.05) is 12.1 Å². The molecule has 1 aliphatic rings. The monoisotopic (exact) mass is 175 g/mol. The standard InChI is InChI=1S/C10H9NO2/c11-5-8-2-1-3-9(4-8)10(12)6-13-7-10/h1-4,12H,6-7H2. The van der Waals surface area contributed by atoms with Gasteiger partial charge in [0.15, 0.2) is 0 Å². The van der Waals surface area contributed by atoms with E-state index in [9.17, 15) is 5.11 Å².